The maximum Gasteiger partial charge on any atom is 0.284 e. The molecular formula is C18H18N2O5. The molecule has 0 bridgehead atoms. The van der Waals surface area contributed by atoms with Crippen LogP contribution in [0.15, 0.2) is 47.6 Å². The highest BCUT2D eigenvalue weighted by molar-refractivity contribution is 5.87. The molecule has 7 nitrogen and oxygen atoms in total. The van der Waals surface area contributed by atoms with Crippen molar-refractivity contribution in [2.24, 2.45) is 5.10 Å². The number of para-hydroxylation sites is 2. The Labute approximate surface area is 145 Å². The minimum absolute atomic E-state index is 0.126. The Morgan fingerprint density at radius 2 is 2.00 bits per heavy atom. The lowest BCUT2D eigenvalue weighted by Gasteiger charge is -2.24. The molecule has 0 aliphatic carbocycles. The number of hydrogen-bond acceptors (Lipinski definition) is 6. The molecule has 0 aromatic heterocycles. The third-order valence-electron chi connectivity index (χ3n) is 3.62. The Morgan fingerprint density at radius 1 is 1.20 bits per heavy atom. The molecule has 2 aromatic rings. The number of fused-ring (bicyclic) bond motifs is 1. The van der Waals surface area contributed by atoms with E-state index in [1.54, 1.807) is 44.6 Å². The Bertz CT molecular complexity index is 791. The first-order valence-corrected chi connectivity index (χ1v) is 7.64. The largest absolute Gasteiger partial charge is 0.497 e. The number of hydrazone groups is 1. The summed E-state index contributed by atoms with van der Waals surface area (Å²) in [4.78, 5) is 12.2. The lowest BCUT2D eigenvalue weighted by atomic mass is 10.2. The number of amides is 1. The molecule has 1 atom stereocenters. The van der Waals surface area contributed by atoms with Gasteiger partial charge in [0.05, 0.1) is 20.4 Å². The zero-order chi connectivity index (χ0) is 17.6. The van der Waals surface area contributed by atoms with Crippen molar-refractivity contribution in [1.82, 2.24) is 5.43 Å². The molecular weight excluding hydrogens is 324 g/mol. The Balaban J connectivity index is 1.64. The number of rotatable bonds is 5. The number of benzene rings is 2. The predicted molar refractivity (Wildman–Crippen MR) is 91.6 cm³/mol. The van der Waals surface area contributed by atoms with E-state index in [9.17, 15) is 4.79 Å². The molecule has 0 radical (unpaired) electrons. The van der Waals surface area contributed by atoms with Crippen molar-refractivity contribution in [3.05, 3.63) is 48.0 Å². The number of carbonyl (C=O) groups is 1. The van der Waals surface area contributed by atoms with Gasteiger partial charge in [-0.1, -0.05) is 12.1 Å². The summed E-state index contributed by atoms with van der Waals surface area (Å²) >= 11 is 0. The second-order valence-electron chi connectivity index (χ2n) is 5.21. The lowest BCUT2D eigenvalue weighted by molar-refractivity contribution is -0.130. The monoisotopic (exact) mass is 342 g/mol. The van der Waals surface area contributed by atoms with Gasteiger partial charge in [0.2, 0.25) is 6.10 Å². The van der Waals surface area contributed by atoms with Crippen LogP contribution in [0, 0.1) is 0 Å². The summed E-state index contributed by atoms with van der Waals surface area (Å²) < 4.78 is 21.6. The van der Waals surface area contributed by atoms with E-state index in [1.165, 1.54) is 6.21 Å². The number of methoxy groups -OCH3 is 2. The Hall–Kier alpha value is -3.22. The van der Waals surface area contributed by atoms with Crippen LogP contribution < -0.4 is 24.4 Å². The van der Waals surface area contributed by atoms with Crippen LogP contribution in [0.3, 0.4) is 0 Å². The van der Waals surface area contributed by atoms with Gasteiger partial charge in [-0.15, -0.1) is 0 Å². The normalized spacial score (nSPS) is 15.7. The fraction of sp³-hybridized carbons (Fsp3) is 0.222. The second kappa shape index (κ2) is 7.57. The molecule has 0 unspecified atom stereocenters. The standard InChI is InChI=1S/C18H18N2O5/c1-22-13-7-8-14(23-2)12(9-13)10-19-20-18(21)17-11-24-15-5-3-4-6-16(15)25-17/h3-10,17H,11H2,1-2H3,(H,20,21)/b19-10-/t17-/m1/s1. The van der Waals surface area contributed by atoms with Crippen molar-refractivity contribution < 1.29 is 23.7 Å². The van der Waals surface area contributed by atoms with Crippen LogP contribution in [-0.4, -0.2) is 39.1 Å². The van der Waals surface area contributed by atoms with Crippen molar-refractivity contribution >= 4 is 12.1 Å². The van der Waals surface area contributed by atoms with E-state index in [4.69, 9.17) is 18.9 Å². The minimum atomic E-state index is -0.765. The van der Waals surface area contributed by atoms with Crippen molar-refractivity contribution in [1.29, 1.82) is 0 Å². The van der Waals surface area contributed by atoms with Gasteiger partial charge in [0.1, 0.15) is 18.1 Å². The number of nitrogens with one attached hydrogen (secondary N) is 1. The molecule has 0 spiro atoms. The van der Waals surface area contributed by atoms with Crippen LogP contribution in [-0.2, 0) is 4.79 Å². The zero-order valence-electron chi connectivity index (χ0n) is 13.9. The van der Waals surface area contributed by atoms with Gasteiger partial charge < -0.3 is 18.9 Å². The van der Waals surface area contributed by atoms with Gasteiger partial charge in [-0.3, -0.25) is 4.79 Å². The van der Waals surface area contributed by atoms with Crippen LogP contribution in [0.1, 0.15) is 5.56 Å². The summed E-state index contributed by atoms with van der Waals surface area (Å²) in [7, 11) is 3.13. The van der Waals surface area contributed by atoms with Gasteiger partial charge in [0.25, 0.3) is 5.91 Å². The summed E-state index contributed by atoms with van der Waals surface area (Å²) in [5.41, 5.74) is 3.12. The Kier molecular flexibility index (Phi) is 5.03. The van der Waals surface area contributed by atoms with Gasteiger partial charge in [-0.05, 0) is 30.3 Å². The highest BCUT2D eigenvalue weighted by atomic mass is 16.6. The van der Waals surface area contributed by atoms with Gasteiger partial charge in [-0.2, -0.15) is 5.10 Å². The zero-order valence-corrected chi connectivity index (χ0v) is 13.9. The van der Waals surface area contributed by atoms with Crippen LogP contribution >= 0.6 is 0 Å². The molecule has 2 aromatic carbocycles. The van der Waals surface area contributed by atoms with Crippen molar-refractivity contribution in [2.45, 2.75) is 6.10 Å². The molecule has 0 saturated heterocycles. The minimum Gasteiger partial charge on any atom is -0.497 e. The molecule has 1 amide bonds. The molecule has 1 aliphatic rings. The first-order chi connectivity index (χ1) is 12.2. The number of nitrogens with zero attached hydrogens (tertiary/aromatic N) is 1. The van der Waals surface area contributed by atoms with Gasteiger partial charge >= 0.3 is 0 Å². The summed E-state index contributed by atoms with van der Waals surface area (Å²) in [5.74, 6) is 2.04. The molecule has 7 heteroatoms. The average molecular weight is 342 g/mol. The fourth-order valence-corrected chi connectivity index (χ4v) is 2.33. The average Bonchev–Trinajstić information content (AvgIpc) is 2.67. The van der Waals surface area contributed by atoms with Gasteiger partial charge in [0.15, 0.2) is 11.5 Å². The topological polar surface area (TPSA) is 78.4 Å². The molecule has 1 aliphatic heterocycles. The van der Waals surface area contributed by atoms with Crippen molar-refractivity contribution in [3.8, 4) is 23.0 Å². The van der Waals surface area contributed by atoms with Crippen LogP contribution in [0.4, 0.5) is 0 Å². The second-order valence-corrected chi connectivity index (χ2v) is 5.21. The van der Waals surface area contributed by atoms with E-state index in [0.717, 1.165) is 0 Å². The predicted octanol–water partition coefficient (Wildman–Crippen LogP) is 1.99. The smallest absolute Gasteiger partial charge is 0.284 e. The van der Waals surface area contributed by atoms with Crippen molar-refractivity contribution in [2.75, 3.05) is 20.8 Å². The van der Waals surface area contributed by atoms with Gasteiger partial charge in [0, 0.05) is 5.56 Å². The first kappa shape index (κ1) is 16.6. The van der Waals surface area contributed by atoms with Crippen molar-refractivity contribution in [3.63, 3.8) is 0 Å². The molecule has 3 rings (SSSR count). The van der Waals surface area contributed by atoms with E-state index < -0.39 is 12.0 Å². The van der Waals surface area contributed by atoms with E-state index in [0.29, 0.717) is 28.6 Å². The highest BCUT2D eigenvalue weighted by Gasteiger charge is 2.26. The molecule has 1 N–H and O–H groups in total. The summed E-state index contributed by atoms with van der Waals surface area (Å²) in [6.07, 6.45) is 0.718. The lowest BCUT2D eigenvalue weighted by Crippen LogP contribution is -2.42. The van der Waals surface area contributed by atoms with Crippen LogP contribution in [0.2, 0.25) is 0 Å². The van der Waals surface area contributed by atoms with Gasteiger partial charge in [-0.25, -0.2) is 5.43 Å². The maximum absolute atomic E-state index is 12.2. The quantitative estimate of drug-likeness (QED) is 0.664. The summed E-state index contributed by atoms with van der Waals surface area (Å²) in [6.45, 7) is 0.126. The van der Waals surface area contributed by atoms with E-state index in [1.807, 2.05) is 12.1 Å². The fourth-order valence-electron chi connectivity index (χ4n) is 2.33. The molecule has 1 heterocycles. The van der Waals surface area contributed by atoms with Crippen LogP contribution in [0.5, 0.6) is 23.0 Å². The molecule has 130 valence electrons. The summed E-state index contributed by atoms with van der Waals surface area (Å²) in [5, 5.41) is 3.96. The number of carbonyl (C=O) groups excluding carboxylic acids is 1. The molecule has 25 heavy (non-hydrogen) atoms. The number of hydrogen-bond donors (Lipinski definition) is 1. The van der Waals surface area contributed by atoms with E-state index in [2.05, 4.69) is 10.5 Å². The van der Waals surface area contributed by atoms with Crippen LogP contribution in [0.25, 0.3) is 0 Å². The maximum atomic E-state index is 12.2. The number of ether oxygens (including phenoxy) is 4. The van der Waals surface area contributed by atoms with E-state index >= 15 is 0 Å². The highest BCUT2D eigenvalue weighted by Crippen LogP contribution is 2.30. The Morgan fingerprint density at radius 3 is 2.76 bits per heavy atom. The molecule has 0 fully saturated rings. The third-order valence-corrected chi connectivity index (χ3v) is 3.62. The first-order valence-electron chi connectivity index (χ1n) is 7.64. The van der Waals surface area contributed by atoms with E-state index in [-0.39, 0.29) is 6.61 Å². The summed E-state index contributed by atoms with van der Waals surface area (Å²) in [6, 6.07) is 12.5. The SMILES string of the molecule is COc1ccc(OC)c(/C=N\NC(=O)[C@H]2COc3ccccc3O2)c1. The molecule has 0 saturated carbocycles. The third kappa shape index (κ3) is 3.82.